The molecule has 2 aliphatic rings. The molecule has 0 aromatic heterocycles. The highest BCUT2D eigenvalue weighted by Crippen LogP contribution is 2.27. The van der Waals surface area contributed by atoms with E-state index in [0.717, 1.165) is 38.5 Å². The molecule has 4 N–H and O–H groups in total. The first-order valence-corrected chi connectivity index (χ1v) is 13.3. The van der Waals surface area contributed by atoms with Gasteiger partial charge in [-0.05, 0) is 70.7 Å². The number of hydrogen-bond acceptors (Lipinski definition) is 6. The second-order valence-electron chi connectivity index (χ2n) is 9.49. The van der Waals surface area contributed by atoms with Crippen molar-refractivity contribution in [1.82, 2.24) is 21.0 Å². The Morgan fingerprint density at radius 2 is 1.72 bits per heavy atom. The highest BCUT2D eigenvalue weighted by molar-refractivity contribution is 7.99. The lowest BCUT2D eigenvalue weighted by molar-refractivity contribution is -0.131. The van der Waals surface area contributed by atoms with Crippen LogP contribution in [-0.4, -0.2) is 72.1 Å². The van der Waals surface area contributed by atoms with Gasteiger partial charge in [0.05, 0.1) is 0 Å². The first-order chi connectivity index (χ1) is 15.4. The van der Waals surface area contributed by atoms with Gasteiger partial charge in [-0.25, -0.2) is 5.48 Å². The maximum atomic E-state index is 12.9. The van der Waals surface area contributed by atoms with Gasteiger partial charge in [0, 0.05) is 30.7 Å². The van der Waals surface area contributed by atoms with Gasteiger partial charge in [-0.3, -0.25) is 19.6 Å². The van der Waals surface area contributed by atoms with Crippen molar-refractivity contribution in [3.63, 3.8) is 0 Å². The van der Waals surface area contributed by atoms with Crippen LogP contribution in [0.5, 0.6) is 0 Å². The summed E-state index contributed by atoms with van der Waals surface area (Å²) in [5.74, 6) is 1.15. The monoisotopic (exact) mass is 470 g/mol. The fourth-order valence-corrected chi connectivity index (χ4v) is 5.66. The predicted molar refractivity (Wildman–Crippen MR) is 127 cm³/mol. The van der Waals surface area contributed by atoms with Crippen molar-refractivity contribution < 1.29 is 19.6 Å². The van der Waals surface area contributed by atoms with Crippen molar-refractivity contribution in [2.45, 2.75) is 82.7 Å². The van der Waals surface area contributed by atoms with Crippen LogP contribution in [0, 0.1) is 11.8 Å². The molecular formula is C23H42N4O4S. The number of rotatable bonds is 12. The van der Waals surface area contributed by atoms with E-state index in [1.807, 2.05) is 0 Å². The lowest BCUT2D eigenvalue weighted by Crippen LogP contribution is -2.51. The van der Waals surface area contributed by atoms with Crippen molar-refractivity contribution >= 4 is 29.5 Å². The van der Waals surface area contributed by atoms with Gasteiger partial charge in [-0.2, -0.15) is 11.8 Å². The minimum atomic E-state index is -0.561. The minimum absolute atomic E-state index is 0.0136. The molecule has 9 heteroatoms. The number of hydrogen-bond donors (Lipinski definition) is 4. The second kappa shape index (κ2) is 14.8. The Balaban J connectivity index is 1.83. The number of hydroxylamine groups is 1. The maximum Gasteiger partial charge on any atom is 0.243 e. The molecule has 0 aliphatic heterocycles. The largest absolute Gasteiger partial charge is 0.354 e. The van der Waals surface area contributed by atoms with E-state index in [2.05, 4.69) is 29.6 Å². The van der Waals surface area contributed by atoms with E-state index in [4.69, 9.17) is 5.21 Å². The fraction of sp³-hybridized carbons (Fsp3) is 0.870. The van der Waals surface area contributed by atoms with Crippen LogP contribution in [0.4, 0.5) is 0 Å². The van der Waals surface area contributed by atoms with E-state index >= 15 is 0 Å². The number of nitrogens with one attached hydrogen (secondary N) is 3. The Morgan fingerprint density at radius 3 is 2.34 bits per heavy atom. The smallest absolute Gasteiger partial charge is 0.243 e. The van der Waals surface area contributed by atoms with Gasteiger partial charge in [-0.15, -0.1) is 0 Å². The molecule has 0 heterocycles. The molecule has 184 valence electrons. The highest BCUT2D eigenvalue weighted by atomic mass is 32.2. The van der Waals surface area contributed by atoms with Crippen LogP contribution in [0.25, 0.3) is 0 Å². The summed E-state index contributed by atoms with van der Waals surface area (Å²) < 4.78 is 0. The molecule has 32 heavy (non-hydrogen) atoms. The molecule has 0 spiro atoms. The Bertz CT molecular complexity index is 591. The molecule has 0 aromatic carbocycles. The third-order valence-corrected chi connectivity index (χ3v) is 7.97. The van der Waals surface area contributed by atoms with E-state index in [0.29, 0.717) is 36.4 Å². The first-order valence-electron chi connectivity index (χ1n) is 12.2. The zero-order chi connectivity index (χ0) is 23.3. The van der Waals surface area contributed by atoms with Crippen LogP contribution in [0.2, 0.25) is 0 Å². The topological polar surface area (TPSA) is 111 Å². The van der Waals surface area contributed by atoms with Gasteiger partial charge in [0.25, 0.3) is 0 Å². The fourth-order valence-electron chi connectivity index (χ4n) is 4.68. The van der Waals surface area contributed by atoms with Crippen molar-refractivity contribution in [2.24, 2.45) is 11.8 Å². The molecule has 2 saturated carbocycles. The summed E-state index contributed by atoms with van der Waals surface area (Å²) in [5.41, 5.74) is 1.63. The zero-order valence-electron chi connectivity index (χ0n) is 19.7. The molecule has 0 bridgehead atoms. The number of thioether (sulfide) groups is 1. The minimum Gasteiger partial charge on any atom is -0.354 e. The SMILES string of the molecule is CN(C)C1CCC(C(=O)N[C@@H](CSCCCC(=O)NO)C(=O)NCC2CCCCC2)CC1. The Hall–Kier alpha value is -1.32. The van der Waals surface area contributed by atoms with Crippen molar-refractivity contribution in [2.75, 3.05) is 32.1 Å². The molecule has 2 fully saturated rings. The molecular weight excluding hydrogens is 428 g/mol. The summed E-state index contributed by atoms with van der Waals surface area (Å²) in [5, 5.41) is 14.7. The first kappa shape index (κ1) is 26.9. The van der Waals surface area contributed by atoms with Gasteiger partial charge < -0.3 is 15.5 Å². The lowest BCUT2D eigenvalue weighted by atomic mass is 9.85. The zero-order valence-corrected chi connectivity index (χ0v) is 20.6. The summed E-state index contributed by atoms with van der Waals surface area (Å²) >= 11 is 1.55. The molecule has 2 rings (SSSR count). The van der Waals surface area contributed by atoms with Gasteiger partial charge in [0.2, 0.25) is 17.7 Å². The average molecular weight is 471 g/mol. The molecule has 0 radical (unpaired) electrons. The Morgan fingerprint density at radius 1 is 1.03 bits per heavy atom. The summed E-state index contributed by atoms with van der Waals surface area (Å²) in [6.07, 6.45) is 10.6. The van der Waals surface area contributed by atoms with E-state index in [9.17, 15) is 14.4 Å². The van der Waals surface area contributed by atoms with Crippen LogP contribution in [-0.2, 0) is 14.4 Å². The molecule has 1 atom stereocenters. The van der Waals surface area contributed by atoms with Gasteiger partial charge in [0.15, 0.2) is 0 Å². The number of nitrogens with zero attached hydrogens (tertiary/aromatic N) is 1. The summed E-state index contributed by atoms with van der Waals surface area (Å²) in [7, 11) is 4.16. The van der Waals surface area contributed by atoms with Crippen LogP contribution in [0.15, 0.2) is 0 Å². The number of carbonyl (C=O) groups is 3. The van der Waals surface area contributed by atoms with E-state index in [-0.39, 0.29) is 24.2 Å². The lowest BCUT2D eigenvalue weighted by Gasteiger charge is -2.32. The normalized spacial score (nSPS) is 22.9. The van der Waals surface area contributed by atoms with Gasteiger partial charge in [-0.1, -0.05) is 19.3 Å². The second-order valence-corrected chi connectivity index (χ2v) is 10.6. The van der Waals surface area contributed by atoms with Crippen LogP contribution in [0.1, 0.15) is 70.6 Å². The molecule has 3 amide bonds. The van der Waals surface area contributed by atoms with Crippen LogP contribution < -0.4 is 16.1 Å². The van der Waals surface area contributed by atoms with Gasteiger partial charge >= 0.3 is 0 Å². The standard InChI is InChI=1S/C23H42N4O4S/c1-27(2)19-12-10-18(11-13-19)22(29)25-20(16-32-14-6-9-21(28)26-31)23(30)24-15-17-7-4-3-5-8-17/h17-20,31H,3-16H2,1-2H3,(H,24,30)(H,25,29)(H,26,28)/t18?,19?,20-/m0/s1. The molecule has 0 saturated heterocycles. The average Bonchev–Trinajstić information content (AvgIpc) is 2.81. The molecule has 2 aliphatic carbocycles. The number of carbonyl (C=O) groups excluding carboxylic acids is 3. The van der Waals surface area contributed by atoms with Crippen LogP contribution in [0.3, 0.4) is 0 Å². The number of amides is 3. The molecule has 0 unspecified atom stereocenters. The van der Waals surface area contributed by atoms with Crippen molar-refractivity contribution in [3.05, 3.63) is 0 Å². The Labute approximate surface area is 197 Å². The molecule has 8 nitrogen and oxygen atoms in total. The third-order valence-electron chi connectivity index (χ3n) is 6.82. The highest BCUT2D eigenvalue weighted by Gasteiger charge is 2.30. The summed E-state index contributed by atoms with van der Waals surface area (Å²) in [6.45, 7) is 0.681. The Kier molecular flexibility index (Phi) is 12.4. The quantitative estimate of drug-likeness (QED) is 0.198. The summed E-state index contributed by atoms with van der Waals surface area (Å²) in [6, 6.07) is -0.0327. The van der Waals surface area contributed by atoms with E-state index in [1.54, 1.807) is 17.2 Å². The maximum absolute atomic E-state index is 12.9. The van der Waals surface area contributed by atoms with Crippen LogP contribution >= 0.6 is 11.8 Å². The van der Waals surface area contributed by atoms with E-state index < -0.39 is 11.9 Å². The van der Waals surface area contributed by atoms with Crippen molar-refractivity contribution in [3.8, 4) is 0 Å². The molecule has 0 aromatic rings. The van der Waals surface area contributed by atoms with Crippen molar-refractivity contribution in [1.29, 1.82) is 0 Å². The summed E-state index contributed by atoms with van der Waals surface area (Å²) in [4.78, 5) is 39.2. The van der Waals surface area contributed by atoms with E-state index in [1.165, 1.54) is 19.3 Å². The third kappa shape index (κ3) is 9.67. The van der Waals surface area contributed by atoms with Gasteiger partial charge in [0.1, 0.15) is 6.04 Å². The predicted octanol–water partition coefficient (Wildman–Crippen LogP) is 2.31.